The van der Waals surface area contributed by atoms with Crippen molar-refractivity contribution in [3.8, 4) is 0 Å². The predicted molar refractivity (Wildman–Crippen MR) is 77.0 cm³/mol. The topological polar surface area (TPSA) is 43.8 Å². The summed E-state index contributed by atoms with van der Waals surface area (Å²) in [5.74, 6) is 0.150. The summed E-state index contributed by atoms with van der Waals surface area (Å²) in [5, 5.41) is 0. The van der Waals surface area contributed by atoms with Crippen molar-refractivity contribution in [3.63, 3.8) is 0 Å². The number of thiophene rings is 1. The van der Waals surface area contributed by atoms with Gasteiger partial charge >= 0.3 is 0 Å². The highest BCUT2D eigenvalue weighted by Crippen LogP contribution is 2.25. The zero-order valence-electron chi connectivity index (χ0n) is 10.8. The molecular weight excluding hydrogens is 261 g/mol. The van der Waals surface area contributed by atoms with E-state index in [1.165, 1.54) is 27.5 Å². The largest absolute Gasteiger partial charge is 0.369 e. The van der Waals surface area contributed by atoms with E-state index in [4.69, 9.17) is 5.73 Å². The van der Waals surface area contributed by atoms with E-state index in [2.05, 4.69) is 24.9 Å². The Morgan fingerprint density at radius 1 is 1.32 bits per heavy atom. The fraction of sp³-hybridized carbons (Fsp3) is 0.214. The Hall–Kier alpha value is -1.88. The summed E-state index contributed by atoms with van der Waals surface area (Å²) in [7, 11) is 0. The SMILES string of the molecule is Cc1cc(Cn2c(N)nc3ccc(F)cc32)sc1C. The fourth-order valence-corrected chi connectivity index (χ4v) is 3.21. The normalized spacial score (nSPS) is 11.3. The van der Waals surface area contributed by atoms with Crippen LogP contribution in [0.5, 0.6) is 0 Å². The Kier molecular flexibility index (Phi) is 2.78. The lowest BCUT2D eigenvalue weighted by Gasteiger charge is -2.04. The van der Waals surface area contributed by atoms with Crippen LogP contribution in [0.1, 0.15) is 15.3 Å². The average Bonchev–Trinajstić information content (AvgIpc) is 2.82. The third-order valence-corrected chi connectivity index (χ3v) is 4.41. The van der Waals surface area contributed by atoms with Crippen molar-refractivity contribution >= 4 is 28.3 Å². The van der Waals surface area contributed by atoms with Gasteiger partial charge in [-0.05, 0) is 43.7 Å². The number of anilines is 1. The molecule has 0 unspecified atom stereocenters. The molecule has 0 spiro atoms. The van der Waals surface area contributed by atoms with Gasteiger partial charge in [0.1, 0.15) is 5.82 Å². The standard InChI is InChI=1S/C14H14FN3S/c1-8-5-11(19-9(8)2)7-18-13-6-10(15)3-4-12(13)17-14(18)16/h3-6H,7H2,1-2H3,(H2,16,17). The molecule has 19 heavy (non-hydrogen) atoms. The molecule has 3 nitrogen and oxygen atoms in total. The van der Waals surface area contributed by atoms with Gasteiger partial charge in [0.25, 0.3) is 0 Å². The summed E-state index contributed by atoms with van der Waals surface area (Å²) in [6, 6.07) is 6.68. The van der Waals surface area contributed by atoms with Gasteiger partial charge in [0.15, 0.2) is 0 Å². The summed E-state index contributed by atoms with van der Waals surface area (Å²) in [4.78, 5) is 6.75. The van der Waals surface area contributed by atoms with E-state index in [1.54, 1.807) is 17.4 Å². The number of hydrogen-bond donors (Lipinski definition) is 1. The first-order valence-electron chi connectivity index (χ1n) is 6.02. The maximum absolute atomic E-state index is 13.4. The van der Waals surface area contributed by atoms with Crippen LogP contribution >= 0.6 is 11.3 Å². The van der Waals surface area contributed by atoms with Crippen molar-refractivity contribution in [1.82, 2.24) is 9.55 Å². The number of halogens is 1. The van der Waals surface area contributed by atoms with Crippen molar-refractivity contribution in [2.45, 2.75) is 20.4 Å². The molecule has 2 aromatic heterocycles. The third kappa shape index (κ3) is 2.10. The number of benzene rings is 1. The van der Waals surface area contributed by atoms with E-state index < -0.39 is 0 Å². The summed E-state index contributed by atoms with van der Waals surface area (Å²) in [5.41, 5.74) is 8.67. The molecule has 1 aromatic carbocycles. The second-order valence-electron chi connectivity index (χ2n) is 4.64. The molecule has 0 aliphatic heterocycles. The number of nitrogens with zero attached hydrogens (tertiary/aromatic N) is 2. The predicted octanol–water partition coefficient (Wildman–Crippen LogP) is 3.48. The number of nitrogen functional groups attached to an aromatic ring is 1. The van der Waals surface area contributed by atoms with Crippen LogP contribution in [-0.4, -0.2) is 9.55 Å². The Balaban J connectivity index is 2.09. The molecule has 2 N–H and O–H groups in total. The first-order chi connectivity index (χ1) is 9.04. The zero-order valence-corrected chi connectivity index (χ0v) is 11.6. The van der Waals surface area contributed by atoms with Crippen molar-refractivity contribution in [2.75, 3.05) is 5.73 Å². The molecule has 0 saturated heterocycles. The first-order valence-corrected chi connectivity index (χ1v) is 6.83. The van der Waals surface area contributed by atoms with Crippen LogP contribution in [0.4, 0.5) is 10.3 Å². The molecule has 0 aliphatic carbocycles. The highest BCUT2D eigenvalue weighted by Gasteiger charge is 2.11. The minimum atomic E-state index is -0.271. The molecule has 0 fully saturated rings. The summed E-state index contributed by atoms with van der Waals surface area (Å²) in [6.07, 6.45) is 0. The number of imidazole rings is 1. The Labute approximate surface area is 114 Å². The summed E-state index contributed by atoms with van der Waals surface area (Å²) in [6.45, 7) is 4.81. The smallest absolute Gasteiger partial charge is 0.201 e. The van der Waals surface area contributed by atoms with Gasteiger partial charge in [0.2, 0.25) is 5.95 Å². The maximum atomic E-state index is 13.4. The van der Waals surface area contributed by atoms with Gasteiger partial charge in [-0.25, -0.2) is 9.37 Å². The molecule has 5 heteroatoms. The van der Waals surface area contributed by atoms with E-state index >= 15 is 0 Å². The molecule has 0 aliphatic rings. The molecular formula is C14H14FN3S. The quantitative estimate of drug-likeness (QED) is 0.778. The second kappa shape index (κ2) is 4.35. The number of hydrogen-bond acceptors (Lipinski definition) is 3. The van der Waals surface area contributed by atoms with E-state index in [0.717, 1.165) is 11.0 Å². The molecule has 3 aromatic rings. The van der Waals surface area contributed by atoms with Crippen LogP contribution in [0.15, 0.2) is 24.3 Å². The van der Waals surface area contributed by atoms with Gasteiger partial charge in [-0.2, -0.15) is 0 Å². The number of aromatic nitrogens is 2. The summed E-state index contributed by atoms with van der Waals surface area (Å²) >= 11 is 1.74. The average molecular weight is 275 g/mol. The van der Waals surface area contributed by atoms with Gasteiger partial charge in [-0.15, -0.1) is 11.3 Å². The van der Waals surface area contributed by atoms with Gasteiger partial charge in [-0.3, -0.25) is 0 Å². The molecule has 98 valence electrons. The van der Waals surface area contributed by atoms with Gasteiger partial charge in [0, 0.05) is 9.75 Å². The van der Waals surface area contributed by atoms with Crippen molar-refractivity contribution in [1.29, 1.82) is 0 Å². The minimum absolute atomic E-state index is 0.271. The lowest BCUT2D eigenvalue weighted by atomic mass is 10.3. The summed E-state index contributed by atoms with van der Waals surface area (Å²) < 4.78 is 15.2. The Bertz CT molecular complexity index is 738. The van der Waals surface area contributed by atoms with E-state index in [-0.39, 0.29) is 5.82 Å². The van der Waals surface area contributed by atoms with Crippen LogP contribution in [0, 0.1) is 19.7 Å². The van der Waals surface area contributed by atoms with Crippen LogP contribution in [0.3, 0.4) is 0 Å². The van der Waals surface area contributed by atoms with Crippen molar-refractivity contribution in [2.24, 2.45) is 0 Å². The first kappa shape index (κ1) is 12.2. The molecule has 0 amide bonds. The fourth-order valence-electron chi connectivity index (χ4n) is 2.16. The lowest BCUT2D eigenvalue weighted by molar-refractivity contribution is 0.628. The number of aryl methyl sites for hydroxylation is 2. The van der Waals surface area contributed by atoms with E-state index in [0.29, 0.717) is 12.5 Å². The van der Waals surface area contributed by atoms with E-state index in [1.807, 2.05) is 4.57 Å². The maximum Gasteiger partial charge on any atom is 0.201 e. The molecule has 0 radical (unpaired) electrons. The van der Waals surface area contributed by atoms with Crippen molar-refractivity contribution < 1.29 is 4.39 Å². The van der Waals surface area contributed by atoms with E-state index in [9.17, 15) is 4.39 Å². The van der Waals surface area contributed by atoms with Crippen LogP contribution in [-0.2, 0) is 6.54 Å². The second-order valence-corrected chi connectivity index (χ2v) is 5.98. The van der Waals surface area contributed by atoms with Crippen LogP contribution < -0.4 is 5.73 Å². The number of fused-ring (bicyclic) bond motifs is 1. The molecule has 0 atom stereocenters. The Morgan fingerprint density at radius 2 is 2.11 bits per heavy atom. The lowest BCUT2D eigenvalue weighted by Crippen LogP contribution is -2.03. The molecule has 0 saturated carbocycles. The Morgan fingerprint density at radius 3 is 2.79 bits per heavy atom. The van der Waals surface area contributed by atoms with Gasteiger partial charge < -0.3 is 10.3 Å². The third-order valence-electron chi connectivity index (χ3n) is 3.27. The highest BCUT2D eigenvalue weighted by molar-refractivity contribution is 7.12. The van der Waals surface area contributed by atoms with Crippen LogP contribution in [0.25, 0.3) is 11.0 Å². The number of rotatable bonds is 2. The number of nitrogens with two attached hydrogens (primary N) is 1. The molecule has 3 rings (SSSR count). The zero-order chi connectivity index (χ0) is 13.6. The minimum Gasteiger partial charge on any atom is -0.369 e. The van der Waals surface area contributed by atoms with Gasteiger partial charge in [-0.1, -0.05) is 0 Å². The van der Waals surface area contributed by atoms with Gasteiger partial charge in [0.05, 0.1) is 17.6 Å². The molecule has 0 bridgehead atoms. The molecule has 2 heterocycles. The highest BCUT2D eigenvalue weighted by atomic mass is 32.1. The van der Waals surface area contributed by atoms with Crippen molar-refractivity contribution in [3.05, 3.63) is 45.4 Å². The van der Waals surface area contributed by atoms with Crippen LogP contribution in [0.2, 0.25) is 0 Å². The monoisotopic (exact) mass is 275 g/mol.